The first-order valence-corrected chi connectivity index (χ1v) is 10.4. The van der Waals surface area contributed by atoms with E-state index in [1.54, 1.807) is 0 Å². The maximum Gasteiger partial charge on any atom is 0.264 e. The van der Waals surface area contributed by atoms with Crippen molar-refractivity contribution in [3.63, 3.8) is 0 Å². The molecule has 0 heterocycles. The van der Waals surface area contributed by atoms with E-state index >= 15 is 0 Å². The fraction of sp³-hybridized carbons (Fsp3) is 1.00. The van der Waals surface area contributed by atoms with Gasteiger partial charge in [-0.3, -0.25) is 4.18 Å². The summed E-state index contributed by atoms with van der Waals surface area (Å²) in [5.41, 5.74) is 0. The molecule has 0 atom stereocenters. The third kappa shape index (κ3) is 10.5. The van der Waals surface area contributed by atoms with E-state index in [2.05, 4.69) is 11.9 Å². The van der Waals surface area contributed by atoms with Gasteiger partial charge in [0.05, 0.1) is 19.5 Å². The monoisotopic (exact) mass is 335 g/mol. The molecular formula is C16H33NO4S. The van der Waals surface area contributed by atoms with Crippen molar-refractivity contribution in [2.45, 2.75) is 63.8 Å². The maximum absolute atomic E-state index is 10.8. The van der Waals surface area contributed by atoms with E-state index in [4.69, 9.17) is 8.92 Å². The third-order valence-corrected chi connectivity index (χ3v) is 4.86. The Kier molecular flexibility index (Phi) is 10.3. The smallest absolute Gasteiger partial charge is 0.264 e. The van der Waals surface area contributed by atoms with Crippen LogP contribution in [0.25, 0.3) is 0 Å². The highest BCUT2D eigenvalue weighted by Gasteiger charge is 2.17. The van der Waals surface area contributed by atoms with E-state index in [-0.39, 0.29) is 0 Å². The van der Waals surface area contributed by atoms with Gasteiger partial charge in [-0.15, -0.1) is 0 Å². The van der Waals surface area contributed by atoms with Crippen LogP contribution < -0.4 is 0 Å². The van der Waals surface area contributed by atoms with Crippen LogP contribution in [0.3, 0.4) is 0 Å². The van der Waals surface area contributed by atoms with E-state index < -0.39 is 10.1 Å². The Labute approximate surface area is 136 Å². The molecule has 0 unspecified atom stereocenters. The molecule has 0 aromatic heterocycles. The van der Waals surface area contributed by atoms with Crippen molar-refractivity contribution in [2.24, 2.45) is 0 Å². The van der Waals surface area contributed by atoms with Crippen LogP contribution in [0.2, 0.25) is 0 Å². The van der Waals surface area contributed by atoms with Crippen molar-refractivity contribution >= 4 is 10.1 Å². The molecule has 132 valence electrons. The lowest BCUT2D eigenvalue weighted by atomic mass is 9.94. The van der Waals surface area contributed by atoms with Gasteiger partial charge < -0.3 is 9.64 Å². The maximum atomic E-state index is 10.8. The first-order chi connectivity index (χ1) is 10.5. The molecule has 0 amide bonds. The van der Waals surface area contributed by atoms with Gasteiger partial charge in [0, 0.05) is 19.2 Å². The Morgan fingerprint density at radius 1 is 0.955 bits per heavy atom. The molecule has 1 fully saturated rings. The van der Waals surface area contributed by atoms with Crippen molar-refractivity contribution in [1.29, 1.82) is 0 Å². The largest absolute Gasteiger partial charge is 0.380 e. The van der Waals surface area contributed by atoms with E-state index in [0.29, 0.717) is 6.61 Å². The molecule has 1 rings (SSSR count). The number of nitrogens with zero attached hydrogens (tertiary/aromatic N) is 1. The molecule has 0 saturated heterocycles. The van der Waals surface area contributed by atoms with Gasteiger partial charge in [0.1, 0.15) is 0 Å². The second-order valence-electron chi connectivity index (χ2n) is 6.33. The summed E-state index contributed by atoms with van der Waals surface area (Å²) in [5.74, 6) is 0. The molecular weight excluding hydrogens is 302 g/mol. The van der Waals surface area contributed by atoms with Crippen LogP contribution in [0.5, 0.6) is 0 Å². The molecule has 0 aromatic carbocycles. The molecule has 0 aliphatic heterocycles. The average molecular weight is 336 g/mol. The van der Waals surface area contributed by atoms with Crippen molar-refractivity contribution in [2.75, 3.05) is 39.7 Å². The molecule has 0 bridgehead atoms. The van der Waals surface area contributed by atoms with Gasteiger partial charge in [0.2, 0.25) is 0 Å². The Balaban J connectivity index is 1.85. The van der Waals surface area contributed by atoms with E-state index in [0.717, 1.165) is 57.7 Å². The van der Waals surface area contributed by atoms with Crippen LogP contribution in [-0.4, -0.2) is 59.0 Å². The van der Waals surface area contributed by atoms with Gasteiger partial charge in [0.15, 0.2) is 0 Å². The quantitative estimate of drug-likeness (QED) is 0.405. The molecule has 0 aromatic rings. The first-order valence-electron chi connectivity index (χ1n) is 8.61. The van der Waals surface area contributed by atoms with Crippen LogP contribution in [0.1, 0.15) is 57.8 Å². The molecule has 6 heteroatoms. The zero-order valence-electron chi connectivity index (χ0n) is 14.3. The van der Waals surface area contributed by atoms with Gasteiger partial charge in [-0.05, 0) is 32.7 Å². The van der Waals surface area contributed by atoms with Gasteiger partial charge in [-0.2, -0.15) is 8.42 Å². The zero-order valence-corrected chi connectivity index (χ0v) is 15.1. The van der Waals surface area contributed by atoms with Crippen LogP contribution in [-0.2, 0) is 19.0 Å². The summed E-state index contributed by atoms with van der Waals surface area (Å²) in [5, 5.41) is 0. The highest BCUT2D eigenvalue weighted by Crippen LogP contribution is 2.21. The predicted octanol–water partition coefficient (Wildman–Crippen LogP) is 2.80. The first kappa shape index (κ1) is 19.9. The van der Waals surface area contributed by atoms with E-state index in [1.165, 1.54) is 32.1 Å². The number of likely N-dealkylation sites (N-methyl/N-ethyl adjacent to an activating group) is 1. The van der Waals surface area contributed by atoms with Gasteiger partial charge in [-0.1, -0.05) is 32.1 Å². The Hall–Kier alpha value is -0.170. The van der Waals surface area contributed by atoms with Gasteiger partial charge in [-0.25, -0.2) is 0 Å². The standard InChI is InChI=1S/C16H33NO4S/c1-17(16-10-6-5-7-11-16)12-15-20-13-8-3-4-9-14-21-22(2,18)19/h16H,3-15H2,1-2H3. The van der Waals surface area contributed by atoms with E-state index in [1.807, 2.05) is 0 Å². The molecule has 0 N–H and O–H groups in total. The second-order valence-corrected chi connectivity index (χ2v) is 7.97. The fourth-order valence-corrected chi connectivity index (χ4v) is 3.31. The minimum Gasteiger partial charge on any atom is -0.380 e. The Morgan fingerprint density at radius 2 is 1.59 bits per heavy atom. The van der Waals surface area contributed by atoms with Crippen LogP contribution in [0, 0.1) is 0 Å². The summed E-state index contributed by atoms with van der Waals surface area (Å²) in [4.78, 5) is 2.45. The third-order valence-electron chi connectivity index (χ3n) is 4.27. The lowest BCUT2D eigenvalue weighted by molar-refractivity contribution is 0.0873. The Morgan fingerprint density at radius 3 is 2.23 bits per heavy atom. The second kappa shape index (κ2) is 11.4. The summed E-state index contributed by atoms with van der Waals surface area (Å²) >= 11 is 0. The number of hydrogen-bond donors (Lipinski definition) is 0. The molecule has 0 spiro atoms. The summed E-state index contributed by atoms with van der Waals surface area (Å²) in [6.45, 7) is 2.92. The van der Waals surface area contributed by atoms with Crippen molar-refractivity contribution in [1.82, 2.24) is 4.90 Å². The summed E-state index contributed by atoms with van der Waals surface area (Å²) in [7, 11) is -1.07. The number of ether oxygens (including phenoxy) is 1. The molecule has 1 saturated carbocycles. The number of rotatable bonds is 12. The normalized spacial score (nSPS) is 17.2. The lowest BCUT2D eigenvalue weighted by Gasteiger charge is -2.31. The van der Waals surface area contributed by atoms with Gasteiger partial charge in [0.25, 0.3) is 10.1 Å². The van der Waals surface area contributed by atoms with Gasteiger partial charge >= 0.3 is 0 Å². The topological polar surface area (TPSA) is 55.8 Å². The molecule has 5 nitrogen and oxygen atoms in total. The minimum absolute atomic E-state index is 0.297. The minimum atomic E-state index is -3.28. The van der Waals surface area contributed by atoms with E-state index in [9.17, 15) is 8.42 Å². The van der Waals surface area contributed by atoms with Crippen molar-refractivity contribution in [3.05, 3.63) is 0 Å². The highest BCUT2D eigenvalue weighted by atomic mass is 32.2. The molecule has 22 heavy (non-hydrogen) atoms. The summed E-state index contributed by atoms with van der Waals surface area (Å²) in [6.07, 6.45) is 11.8. The molecule has 1 aliphatic rings. The van der Waals surface area contributed by atoms with Crippen molar-refractivity contribution in [3.8, 4) is 0 Å². The van der Waals surface area contributed by atoms with Crippen LogP contribution in [0.15, 0.2) is 0 Å². The number of hydrogen-bond acceptors (Lipinski definition) is 5. The average Bonchev–Trinajstić information content (AvgIpc) is 2.48. The van der Waals surface area contributed by atoms with Crippen molar-refractivity contribution < 1.29 is 17.3 Å². The predicted molar refractivity (Wildman–Crippen MR) is 89.6 cm³/mol. The van der Waals surface area contributed by atoms with Crippen LogP contribution >= 0.6 is 0 Å². The Bertz CT molecular complexity index is 366. The summed E-state index contributed by atoms with van der Waals surface area (Å²) in [6, 6.07) is 0.757. The highest BCUT2D eigenvalue weighted by molar-refractivity contribution is 7.85. The van der Waals surface area contributed by atoms with Crippen LogP contribution in [0.4, 0.5) is 0 Å². The number of unbranched alkanes of at least 4 members (excludes halogenated alkanes) is 3. The zero-order chi connectivity index (χ0) is 16.3. The molecule has 0 radical (unpaired) electrons. The lowest BCUT2D eigenvalue weighted by Crippen LogP contribution is -2.35. The SMILES string of the molecule is CN(CCOCCCCCCOS(C)(=O)=O)C1CCCCC1. The summed E-state index contributed by atoms with van der Waals surface area (Å²) < 4.78 is 31.9. The molecule has 1 aliphatic carbocycles. The fourth-order valence-electron chi connectivity index (χ4n) is 2.89.